The zero-order valence-corrected chi connectivity index (χ0v) is 16.4. The minimum atomic E-state index is -0.645. The van der Waals surface area contributed by atoms with Crippen LogP contribution in [0.2, 0.25) is 0 Å². The van der Waals surface area contributed by atoms with Crippen molar-refractivity contribution >= 4 is 34.2 Å². The molecule has 7 nitrogen and oxygen atoms in total. The third-order valence-electron chi connectivity index (χ3n) is 3.76. The van der Waals surface area contributed by atoms with Crippen LogP contribution in [0.1, 0.15) is 38.1 Å². The van der Waals surface area contributed by atoms with E-state index in [9.17, 15) is 14.4 Å². The number of amides is 1. The molecule has 0 unspecified atom stereocenters. The molecule has 0 aliphatic heterocycles. The van der Waals surface area contributed by atoms with Gasteiger partial charge in [0, 0.05) is 4.88 Å². The van der Waals surface area contributed by atoms with E-state index in [2.05, 4.69) is 5.32 Å². The van der Waals surface area contributed by atoms with E-state index in [1.807, 2.05) is 6.92 Å². The van der Waals surface area contributed by atoms with Crippen molar-refractivity contribution in [3.8, 4) is 5.75 Å². The van der Waals surface area contributed by atoms with E-state index < -0.39 is 24.5 Å². The van der Waals surface area contributed by atoms with E-state index in [-0.39, 0.29) is 12.2 Å². The summed E-state index contributed by atoms with van der Waals surface area (Å²) < 4.78 is 15.1. The second kappa shape index (κ2) is 9.18. The van der Waals surface area contributed by atoms with Crippen LogP contribution in [-0.2, 0) is 14.3 Å². The quantitative estimate of drug-likeness (QED) is 0.728. The molecule has 0 aliphatic rings. The van der Waals surface area contributed by atoms with Crippen LogP contribution in [0.15, 0.2) is 24.3 Å². The summed E-state index contributed by atoms with van der Waals surface area (Å²) in [5.41, 5.74) is 1.35. The molecular weight excluding hydrogens is 370 g/mol. The molecule has 0 spiro atoms. The highest BCUT2D eigenvalue weighted by Crippen LogP contribution is 2.33. The van der Waals surface area contributed by atoms with E-state index in [1.165, 1.54) is 24.5 Å². The van der Waals surface area contributed by atoms with E-state index in [4.69, 9.17) is 14.2 Å². The molecule has 1 heterocycles. The Balaban J connectivity index is 2.02. The summed E-state index contributed by atoms with van der Waals surface area (Å²) in [6.07, 6.45) is 0. The standard InChI is InChI=1S/C19H21NO6S/c1-5-25-19(23)16-11(2)12(3)27-17(16)20-15(21)10-26-18(22)13-7-6-8-14(9-13)24-4/h6-9H,5,10H2,1-4H3,(H,20,21). The molecule has 0 aliphatic carbocycles. The maximum Gasteiger partial charge on any atom is 0.341 e. The second-order valence-electron chi connectivity index (χ2n) is 5.56. The first kappa shape index (κ1) is 20.4. The second-order valence-corrected chi connectivity index (χ2v) is 6.79. The number of benzene rings is 1. The van der Waals surface area contributed by atoms with Gasteiger partial charge in [-0.3, -0.25) is 4.79 Å². The van der Waals surface area contributed by atoms with Crippen molar-refractivity contribution < 1.29 is 28.6 Å². The lowest BCUT2D eigenvalue weighted by Gasteiger charge is -2.08. The summed E-state index contributed by atoms with van der Waals surface area (Å²) in [5.74, 6) is -1.17. The summed E-state index contributed by atoms with van der Waals surface area (Å²) in [6.45, 7) is 5.10. The van der Waals surface area contributed by atoms with Gasteiger partial charge >= 0.3 is 11.9 Å². The minimum Gasteiger partial charge on any atom is -0.497 e. The van der Waals surface area contributed by atoms with Crippen LogP contribution in [0, 0.1) is 13.8 Å². The molecule has 1 N–H and O–H groups in total. The molecule has 0 saturated heterocycles. The molecular formula is C19H21NO6S. The summed E-state index contributed by atoms with van der Waals surface area (Å²) in [6, 6.07) is 6.43. The Bertz CT molecular complexity index is 858. The van der Waals surface area contributed by atoms with Gasteiger partial charge in [-0.05, 0) is 44.5 Å². The van der Waals surface area contributed by atoms with Gasteiger partial charge in [-0.25, -0.2) is 9.59 Å². The normalized spacial score (nSPS) is 10.2. The van der Waals surface area contributed by atoms with Gasteiger partial charge in [-0.15, -0.1) is 11.3 Å². The molecule has 1 aromatic carbocycles. The van der Waals surface area contributed by atoms with E-state index in [1.54, 1.807) is 32.0 Å². The highest BCUT2D eigenvalue weighted by molar-refractivity contribution is 7.16. The molecule has 0 fully saturated rings. The van der Waals surface area contributed by atoms with Crippen molar-refractivity contribution in [3.05, 3.63) is 45.8 Å². The average Bonchev–Trinajstić information content (AvgIpc) is 2.93. The molecule has 8 heteroatoms. The summed E-state index contributed by atoms with van der Waals surface area (Å²) in [7, 11) is 1.49. The zero-order valence-electron chi connectivity index (χ0n) is 15.6. The molecule has 27 heavy (non-hydrogen) atoms. The third-order valence-corrected chi connectivity index (χ3v) is 4.88. The van der Waals surface area contributed by atoms with Crippen LogP contribution in [0.5, 0.6) is 5.75 Å². The maximum atomic E-state index is 12.2. The summed E-state index contributed by atoms with van der Waals surface area (Å²) in [5, 5.41) is 3.00. The highest BCUT2D eigenvalue weighted by atomic mass is 32.1. The lowest BCUT2D eigenvalue weighted by Crippen LogP contribution is -2.21. The predicted molar refractivity (Wildman–Crippen MR) is 102 cm³/mol. The molecule has 0 radical (unpaired) electrons. The maximum absolute atomic E-state index is 12.2. The van der Waals surface area contributed by atoms with Gasteiger partial charge in [0.05, 0.1) is 24.8 Å². The Morgan fingerprint density at radius 2 is 1.85 bits per heavy atom. The number of hydrogen-bond donors (Lipinski definition) is 1. The smallest absolute Gasteiger partial charge is 0.341 e. The molecule has 2 aromatic rings. The topological polar surface area (TPSA) is 90.9 Å². The van der Waals surface area contributed by atoms with Crippen LogP contribution in [0.25, 0.3) is 0 Å². The largest absolute Gasteiger partial charge is 0.497 e. The number of anilines is 1. The fraction of sp³-hybridized carbons (Fsp3) is 0.316. The fourth-order valence-corrected chi connectivity index (χ4v) is 3.36. The Morgan fingerprint density at radius 1 is 1.11 bits per heavy atom. The monoisotopic (exact) mass is 391 g/mol. The SMILES string of the molecule is CCOC(=O)c1c(NC(=O)COC(=O)c2cccc(OC)c2)sc(C)c1C. The lowest BCUT2D eigenvalue weighted by atomic mass is 10.1. The van der Waals surface area contributed by atoms with Gasteiger partial charge in [-0.2, -0.15) is 0 Å². The van der Waals surface area contributed by atoms with E-state index in [0.717, 1.165) is 10.4 Å². The first-order chi connectivity index (χ1) is 12.9. The number of rotatable bonds is 7. The molecule has 0 atom stereocenters. The minimum absolute atomic E-state index is 0.235. The molecule has 1 aromatic heterocycles. The number of carbonyl (C=O) groups excluding carboxylic acids is 3. The number of methoxy groups -OCH3 is 1. The van der Waals surface area contributed by atoms with Crippen LogP contribution in [0.3, 0.4) is 0 Å². The van der Waals surface area contributed by atoms with Gasteiger partial charge in [0.15, 0.2) is 6.61 Å². The van der Waals surface area contributed by atoms with Crippen molar-refractivity contribution in [1.82, 2.24) is 0 Å². The molecule has 0 saturated carbocycles. The van der Waals surface area contributed by atoms with Crippen LogP contribution in [-0.4, -0.2) is 38.2 Å². The molecule has 2 rings (SSSR count). The van der Waals surface area contributed by atoms with Crippen molar-refractivity contribution in [3.63, 3.8) is 0 Å². The van der Waals surface area contributed by atoms with E-state index in [0.29, 0.717) is 16.3 Å². The predicted octanol–water partition coefficient (Wildman–Crippen LogP) is 3.35. The number of esters is 2. The number of carbonyl (C=O) groups is 3. The zero-order chi connectivity index (χ0) is 20.0. The fourth-order valence-electron chi connectivity index (χ4n) is 2.29. The Morgan fingerprint density at radius 3 is 2.52 bits per heavy atom. The van der Waals surface area contributed by atoms with Crippen molar-refractivity contribution in [2.24, 2.45) is 0 Å². The summed E-state index contributed by atoms with van der Waals surface area (Å²) in [4.78, 5) is 37.2. The van der Waals surface area contributed by atoms with Crippen molar-refractivity contribution in [1.29, 1.82) is 0 Å². The number of aryl methyl sites for hydroxylation is 1. The van der Waals surface area contributed by atoms with Crippen molar-refractivity contribution in [2.75, 3.05) is 25.6 Å². The summed E-state index contributed by atoms with van der Waals surface area (Å²) >= 11 is 1.27. The van der Waals surface area contributed by atoms with Crippen LogP contribution in [0.4, 0.5) is 5.00 Å². The van der Waals surface area contributed by atoms with Gasteiger partial charge < -0.3 is 19.5 Å². The number of hydrogen-bond acceptors (Lipinski definition) is 7. The molecule has 1 amide bonds. The first-order valence-corrected chi connectivity index (χ1v) is 9.07. The molecule has 0 bridgehead atoms. The highest BCUT2D eigenvalue weighted by Gasteiger charge is 2.22. The Kier molecular flexibility index (Phi) is 6.95. The van der Waals surface area contributed by atoms with Gasteiger partial charge in [0.2, 0.25) is 0 Å². The first-order valence-electron chi connectivity index (χ1n) is 8.25. The average molecular weight is 391 g/mol. The number of thiophene rings is 1. The van der Waals surface area contributed by atoms with Crippen molar-refractivity contribution in [2.45, 2.75) is 20.8 Å². The van der Waals surface area contributed by atoms with Gasteiger partial charge in [0.25, 0.3) is 5.91 Å². The van der Waals surface area contributed by atoms with E-state index >= 15 is 0 Å². The Labute approximate surface area is 161 Å². The molecule has 144 valence electrons. The van der Waals surface area contributed by atoms with Gasteiger partial charge in [0.1, 0.15) is 10.8 Å². The van der Waals surface area contributed by atoms with Crippen LogP contribution < -0.4 is 10.1 Å². The number of ether oxygens (including phenoxy) is 3. The lowest BCUT2D eigenvalue weighted by molar-refractivity contribution is -0.119. The van der Waals surface area contributed by atoms with Crippen LogP contribution >= 0.6 is 11.3 Å². The van der Waals surface area contributed by atoms with Gasteiger partial charge in [-0.1, -0.05) is 6.07 Å². The third kappa shape index (κ3) is 5.07. The number of nitrogens with one attached hydrogen (secondary N) is 1. The Hall–Kier alpha value is -2.87.